The fourth-order valence-corrected chi connectivity index (χ4v) is 3.07. The van der Waals surface area contributed by atoms with Gasteiger partial charge in [-0.2, -0.15) is 0 Å². The Balaban J connectivity index is 1.87. The number of amides is 1. The minimum absolute atomic E-state index is 0.0433. The van der Waals surface area contributed by atoms with Crippen molar-refractivity contribution in [3.8, 4) is 5.88 Å². The summed E-state index contributed by atoms with van der Waals surface area (Å²) in [5, 5.41) is 0. The first-order valence-corrected chi connectivity index (χ1v) is 7.65. The Morgan fingerprint density at radius 1 is 1.32 bits per heavy atom. The van der Waals surface area contributed by atoms with Gasteiger partial charge in [-0.1, -0.05) is 24.3 Å². The van der Waals surface area contributed by atoms with Gasteiger partial charge in [-0.3, -0.25) is 4.79 Å². The SMILES string of the molecule is CCOc1ncccc1C(=O)N(C)C1CCc2ccccc21. The Morgan fingerprint density at radius 3 is 2.95 bits per heavy atom. The van der Waals surface area contributed by atoms with Gasteiger partial charge < -0.3 is 9.64 Å². The first kappa shape index (κ1) is 14.6. The van der Waals surface area contributed by atoms with Crippen molar-refractivity contribution < 1.29 is 9.53 Å². The van der Waals surface area contributed by atoms with Gasteiger partial charge in [0.15, 0.2) is 0 Å². The fourth-order valence-electron chi connectivity index (χ4n) is 3.07. The van der Waals surface area contributed by atoms with Crippen molar-refractivity contribution >= 4 is 5.91 Å². The number of ether oxygens (including phenoxy) is 1. The Bertz CT molecular complexity index is 684. The summed E-state index contributed by atoms with van der Waals surface area (Å²) in [6, 6.07) is 12.0. The van der Waals surface area contributed by atoms with Crippen molar-refractivity contribution in [2.24, 2.45) is 0 Å². The number of benzene rings is 1. The highest BCUT2D eigenvalue weighted by Gasteiger charge is 2.30. The lowest BCUT2D eigenvalue weighted by Crippen LogP contribution is -2.30. The minimum atomic E-state index is -0.0433. The molecule has 1 amide bonds. The summed E-state index contributed by atoms with van der Waals surface area (Å²) < 4.78 is 5.48. The van der Waals surface area contributed by atoms with E-state index < -0.39 is 0 Å². The van der Waals surface area contributed by atoms with Crippen LogP contribution in [0.4, 0.5) is 0 Å². The first-order valence-electron chi connectivity index (χ1n) is 7.65. The van der Waals surface area contributed by atoms with Crippen LogP contribution in [0.1, 0.15) is 40.9 Å². The van der Waals surface area contributed by atoms with Crippen LogP contribution in [0.5, 0.6) is 5.88 Å². The number of hydrogen-bond acceptors (Lipinski definition) is 3. The van der Waals surface area contributed by atoms with Crippen molar-refractivity contribution in [2.45, 2.75) is 25.8 Å². The van der Waals surface area contributed by atoms with E-state index in [4.69, 9.17) is 4.74 Å². The third-order valence-electron chi connectivity index (χ3n) is 4.17. The smallest absolute Gasteiger partial charge is 0.259 e. The molecule has 0 fully saturated rings. The molecule has 1 aromatic heterocycles. The van der Waals surface area contributed by atoms with Crippen molar-refractivity contribution in [1.29, 1.82) is 0 Å². The number of aryl methyl sites for hydroxylation is 1. The largest absolute Gasteiger partial charge is 0.477 e. The van der Waals surface area contributed by atoms with E-state index in [1.165, 1.54) is 11.1 Å². The minimum Gasteiger partial charge on any atom is -0.477 e. The molecular formula is C18H20N2O2. The monoisotopic (exact) mass is 296 g/mol. The average molecular weight is 296 g/mol. The number of carbonyl (C=O) groups is 1. The average Bonchev–Trinajstić information content (AvgIpc) is 2.98. The molecule has 0 radical (unpaired) electrons. The maximum atomic E-state index is 12.8. The lowest BCUT2D eigenvalue weighted by atomic mass is 10.1. The molecule has 4 nitrogen and oxygen atoms in total. The van der Waals surface area contributed by atoms with Gasteiger partial charge in [-0.05, 0) is 43.0 Å². The van der Waals surface area contributed by atoms with E-state index in [2.05, 4.69) is 23.2 Å². The zero-order chi connectivity index (χ0) is 15.5. The molecule has 0 spiro atoms. The quantitative estimate of drug-likeness (QED) is 0.870. The summed E-state index contributed by atoms with van der Waals surface area (Å²) in [5.41, 5.74) is 3.11. The predicted octanol–water partition coefficient (Wildman–Crippen LogP) is 3.24. The Morgan fingerprint density at radius 2 is 2.14 bits per heavy atom. The van der Waals surface area contributed by atoms with Crippen LogP contribution in [0, 0.1) is 0 Å². The third-order valence-corrected chi connectivity index (χ3v) is 4.17. The molecule has 0 bridgehead atoms. The first-order chi connectivity index (χ1) is 10.7. The molecule has 22 heavy (non-hydrogen) atoms. The summed E-state index contributed by atoms with van der Waals surface area (Å²) in [6.07, 6.45) is 3.63. The van der Waals surface area contributed by atoms with Crippen LogP contribution in [0.3, 0.4) is 0 Å². The standard InChI is InChI=1S/C18H20N2O2/c1-3-22-17-15(9-6-12-19-17)18(21)20(2)16-11-10-13-7-4-5-8-14(13)16/h4-9,12,16H,3,10-11H2,1-2H3. The second-order valence-electron chi connectivity index (χ2n) is 5.46. The van der Waals surface area contributed by atoms with Crippen LogP contribution >= 0.6 is 0 Å². The number of fused-ring (bicyclic) bond motifs is 1. The summed E-state index contributed by atoms with van der Waals surface area (Å²) >= 11 is 0. The van der Waals surface area contributed by atoms with E-state index in [9.17, 15) is 4.79 Å². The number of hydrogen-bond donors (Lipinski definition) is 0. The summed E-state index contributed by atoms with van der Waals surface area (Å²) in [6.45, 7) is 2.38. The summed E-state index contributed by atoms with van der Waals surface area (Å²) in [5.74, 6) is 0.367. The molecule has 0 N–H and O–H groups in total. The molecule has 3 rings (SSSR count). The number of rotatable bonds is 4. The predicted molar refractivity (Wildman–Crippen MR) is 85.0 cm³/mol. The molecule has 4 heteroatoms. The molecule has 2 aromatic rings. The van der Waals surface area contributed by atoms with Crippen LogP contribution < -0.4 is 4.74 Å². The van der Waals surface area contributed by atoms with Crippen LogP contribution in [-0.4, -0.2) is 29.4 Å². The van der Waals surface area contributed by atoms with Crippen LogP contribution in [0.2, 0.25) is 0 Å². The number of aromatic nitrogens is 1. The van der Waals surface area contributed by atoms with Crippen LogP contribution in [-0.2, 0) is 6.42 Å². The Hall–Kier alpha value is -2.36. The number of pyridine rings is 1. The van der Waals surface area contributed by atoms with Gasteiger partial charge >= 0.3 is 0 Å². The van der Waals surface area contributed by atoms with Gasteiger partial charge in [0, 0.05) is 13.2 Å². The van der Waals surface area contributed by atoms with Crippen molar-refractivity contribution in [1.82, 2.24) is 9.88 Å². The van der Waals surface area contributed by atoms with E-state index in [0.717, 1.165) is 12.8 Å². The maximum Gasteiger partial charge on any atom is 0.259 e. The molecule has 114 valence electrons. The van der Waals surface area contributed by atoms with Gasteiger partial charge in [0.25, 0.3) is 5.91 Å². The van der Waals surface area contributed by atoms with Crippen LogP contribution in [0.25, 0.3) is 0 Å². The maximum absolute atomic E-state index is 12.8. The lowest BCUT2D eigenvalue weighted by Gasteiger charge is -2.26. The van der Waals surface area contributed by atoms with Gasteiger partial charge in [-0.15, -0.1) is 0 Å². The lowest BCUT2D eigenvalue weighted by molar-refractivity contribution is 0.0725. The Labute approximate surface area is 130 Å². The second-order valence-corrected chi connectivity index (χ2v) is 5.46. The van der Waals surface area contributed by atoms with E-state index >= 15 is 0 Å². The highest BCUT2D eigenvalue weighted by molar-refractivity contribution is 5.96. The molecule has 1 heterocycles. The van der Waals surface area contributed by atoms with Crippen molar-refractivity contribution in [2.75, 3.05) is 13.7 Å². The topological polar surface area (TPSA) is 42.4 Å². The highest BCUT2D eigenvalue weighted by atomic mass is 16.5. The zero-order valence-corrected chi connectivity index (χ0v) is 13.0. The van der Waals surface area contributed by atoms with Gasteiger partial charge in [-0.25, -0.2) is 4.98 Å². The van der Waals surface area contributed by atoms with Crippen molar-refractivity contribution in [3.63, 3.8) is 0 Å². The summed E-state index contributed by atoms with van der Waals surface area (Å²) in [7, 11) is 1.86. The van der Waals surface area contributed by atoms with Crippen LogP contribution in [0.15, 0.2) is 42.6 Å². The van der Waals surface area contributed by atoms with Crippen molar-refractivity contribution in [3.05, 3.63) is 59.3 Å². The molecule has 0 saturated carbocycles. The highest BCUT2D eigenvalue weighted by Crippen LogP contribution is 2.35. The number of carbonyl (C=O) groups excluding carboxylic acids is 1. The zero-order valence-electron chi connectivity index (χ0n) is 13.0. The molecule has 1 aliphatic rings. The van der Waals surface area contributed by atoms with Gasteiger partial charge in [0.05, 0.1) is 12.6 Å². The fraction of sp³-hybridized carbons (Fsp3) is 0.333. The summed E-state index contributed by atoms with van der Waals surface area (Å²) in [4.78, 5) is 18.8. The number of nitrogens with zero attached hydrogens (tertiary/aromatic N) is 2. The van der Waals surface area contributed by atoms with E-state index in [1.54, 1.807) is 18.3 Å². The molecule has 1 aliphatic carbocycles. The second kappa shape index (κ2) is 6.18. The third kappa shape index (κ3) is 2.56. The molecule has 1 atom stereocenters. The van der Waals surface area contributed by atoms with Gasteiger partial charge in [0.1, 0.15) is 5.56 Å². The van der Waals surface area contributed by atoms with E-state index in [1.807, 2.05) is 24.9 Å². The molecular weight excluding hydrogens is 276 g/mol. The molecule has 0 aliphatic heterocycles. The molecule has 1 unspecified atom stereocenters. The van der Waals surface area contributed by atoms with Gasteiger partial charge in [0.2, 0.25) is 5.88 Å². The Kier molecular flexibility index (Phi) is 4.09. The van der Waals surface area contributed by atoms with E-state index in [0.29, 0.717) is 18.1 Å². The van der Waals surface area contributed by atoms with E-state index in [-0.39, 0.29) is 11.9 Å². The normalized spacial score (nSPS) is 16.2. The molecule has 0 saturated heterocycles. The molecule has 1 aromatic carbocycles.